The number of phenols is 1. The number of benzene rings is 1. The first-order chi connectivity index (χ1) is 7.13. The lowest BCUT2D eigenvalue weighted by molar-refractivity contribution is 0.457. The minimum absolute atomic E-state index is 0.170. The molecule has 0 aliphatic carbocycles. The van der Waals surface area contributed by atoms with Crippen LogP contribution in [-0.2, 0) is 0 Å². The highest BCUT2D eigenvalue weighted by Crippen LogP contribution is 2.14. The molecule has 3 heteroatoms. The van der Waals surface area contributed by atoms with Gasteiger partial charge in [-0.25, -0.2) is 0 Å². The number of nitrogens with one attached hydrogen (secondary N) is 1. The average Bonchev–Trinajstić information content (AvgIpc) is 2.26. The average molecular weight is 208 g/mol. The summed E-state index contributed by atoms with van der Waals surface area (Å²) in [5.74, 6) is 0.807. The van der Waals surface area contributed by atoms with Crippen LogP contribution in [0.15, 0.2) is 24.3 Å². The number of hydrogen-bond acceptors (Lipinski definition) is 3. The van der Waals surface area contributed by atoms with Crippen LogP contribution in [0.5, 0.6) is 5.75 Å². The molecular formula is C12H20N2O. The van der Waals surface area contributed by atoms with E-state index in [1.165, 1.54) is 0 Å². The minimum atomic E-state index is 0.170. The summed E-state index contributed by atoms with van der Waals surface area (Å²) in [6, 6.07) is 7.19. The SMILES string of the molecule is CCC(C)C(N)CNc1ccc(O)cc1. The second-order valence-electron chi connectivity index (χ2n) is 3.98. The van der Waals surface area contributed by atoms with Crippen LogP contribution in [-0.4, -0.2) is 17.7 Å². The predicted octanol–water partition coefficient (Wildman–Crippen LogP) is 2.18. The van der Waals surface area contributed by atoms with Crippen molar-refractivity contribution in [3.8, 4) is 5.75 Å². The standard InChI is InChI=1S/C12H20N2O/c1-3-9(2)12(13)8-14-10-4-6-11(15)7-5-10/h4-7,9,12,14-15H,3,8,13H2,1-2H3. The van der Waals surface area contributed by atoms with E-state index in [-0.39, 0.29) is 11.8 Å². The Balaban J connectivity index is 2.40. The molecule has 0 amide bonds. The molecule has 84 valence electrons. The first-order valence-electron chi connectivity index (χ1n) is 5.42. The Morgan fingerprint density at radius 2 is 1.93 bits per heavy atom. The molecule has 2 unspecified atom stereocenters. The van der Waals surface area contributed by atoms with Crippen LogP contribution in [0, 0.1) is 5.92 Å². The van der Waals surface area contributed by atoms with Crippen molar-refractivity contribution in [3.63, 3.8) is 0 Å². The van der Waals surface area contributed by atoms with Gasteiger partial charge in [-0.15, -0.1) is 0 Å². The lowest BCUT2D eigenvalue weighted by Crippen LogP contribution is -2.35. The number of anilines is 1. The second kappa shape index (κ2) is 5.61. The van der Waals surface area contributed by atoms with Crippen molar-refractivity contribution in [2.75, 3.05) is 11.9 Å². The van der Waals surface area contributed by atoms with Gasteiger partial charge in [0, 0.05) is 18.3 Å². The Labute approximate surface area is 91.3 Å². The van der Waals surface area contributed by atoms with E-state index in [4.69, 9.17) is 10.8 Å². The summed E-state index contributed by atoms with van der Waals surface area (Å²) < 4.78 is 0. The van der Waals surface area contributed by atoms with E-state index in [0.717, 1.165) is 18.7 Å². The molecule has 0 aromatic heterocycles. The summed E-state index contributed by atoms with van der Waals surface area (Å²) in [6.45, 7) is 5.06. The lowest BCUT2D eigenvalue weighted by atomic mass is 10.0. The number of phenolic OH excluding ortho intramolecular Hbond substituents is 1. The van der Waals surface area contributed by atoms with Gasteiger partial charge in [-0.3, -0.25) is 0 Å². The van der Waals surface area contributed by atoms with Crippen molar-refractivity contribution in [1.82, 2.24) is 0 Å². The summed E-state index contributed by atoms with van der Waals surface area (Å²) >= 11 is 0. The van der Waals surface area contributed by atoms with Gasteiger partial charge in [0.05, 0.1) is 0 Å². The van der Waals surface area contributed by atoms with Crippen LogP contribution in [0.25, 0.3) is 0 Å². The lowest BCUT2D eigenvalue weighted by Gasteiger charge is -2.19. The summed E-state index contributed by atoms with van der Waals surface area (Å²) in [7, 11) is 0. The van der Waals surface area contributed by atoms with Gasteiger partial charge in [0.2, 0.25) is 0 Å². The molecule has 15 heavy (non-hydrogen) atoms. The van der Waals surface area contributed by atoms with Gasteiger partial charge in [0.1, 0.15) is 5.75 Å². The Bertz CT molecular complexity index is 284. The predicted molar refractivity (Wildman–Crippen MR) is 64.0 cm³/mol. The van der Waals surface area contributed by atoms with Crippen molar-refractivity contribution in [3.05, 3.63) is 24.3 Å². The molecule has 0 saturated heterocycles. The van der Waals surface area contributed by atoms with Crippen LogP contribution < -0.4 is 11.1 Å². The van der Waals surface area contributed by atoms with E-state index in [1.54, 1.807) is 12.1 Å². The highest BCUT2D eigenvalue weighted by atomic mass is 16.3. The van der Waals surface area contributed by atoms with Crippen molar-refractivity contribution in [1.29, 1.82) is 0 Å². The van der Waals surface area contributed by atoms with E-state index < -0.39 is 0 Å². The van der Waals surface area contributed by atoms with E-state index >= 15 is 0 Å². The van der Waals surface area contributed by atoms with Gasteiger partial charge in [-0.1, -0.05) is 20.3 Å². The Morgan fingerprint density at radius 1 is 1.33 bits per heavy atom. The number of rotatable bonds is 5. The summed E-state index contributed by atoms with van der Waals surface area (Å²) in [6.07, 6.45) is 1.10. The molecule has 0 saturated carbocycles. The van der Waals surface area contributed by atoms with E-state index in [0.29, 0.717) is 5.92 Å². The molecular weight excluding hydrogens is 188 g/mol. The quantitative estimate of drug-likeness (QED) is 0.650. The molecule has 0 heterocycles. The maximum absolute atomic E-state index is 9.11. The molecule has 4 N–H and O–H groups in total. The zero-order valence-electron chi connectivity index (χ0n) is 9.40. The van der Waals surface area contributed by atoms with Gasteiger partial charge in [-0.05, 0) is 30.2 Å². The molecule has 1 aromatic carbocycles. The fourth-order valence-corrected chi connectivity index (χ4v) is 1.32. The first-order valence-corrected chi connectivity index (χ1v) is 5.42. The molecule has 1 rings (SSSR count). The smallest absolute Gasteiger partial charge is 0.115 e. The molecule has 0 fully saturated rings. The van der Waals surface area contributed by atoms with E-state index in [1.807, 2.05) is 12.1 Å². The molecule has 0 spiro atoms. The van der Waals surface area contributed by atoms with Crippen molar-refractivity contribution < 1.29 is 5.11 Å². The van der Waals surface area contributed by atoms with Gasteiger partial charge in [0.15, 0.2) is 0 Å². The van der Waals surface area contributed by atoms with Gasteiger partial charge in [0.25, 0.3) is 0 Å². The fourth-order valence-electron chi connectivity index (χ4n) is 1.32. The molecule has 0 radical (unpaired) electrons. The Kier molecular flexibility index (Phi) is 4.43. The van der Waals surface area contributed by atoms with Gasteiger partial charge >= 0.3 is 0 Å². The van der Waals surface area contributed by atoms with E-state index in [9.17, 15) is 0 Å². The third-order valence-electron chi connectivity index (χ3n) is 2.78. The summed E-state index contributed by atoms with van der Waals surface area (Å²) in [4.78, 5) is 0. The Hall–Kier alpha value is -1.22. The largest absolute Gasteiger partial charge is 0.508 e. The number of aromatic hydroxyl groups is 1. The first kappa shape index (κ1) is 11.9. The third-order valence-corrected chi connectivity index (χ3v) is 2.78. The maximum atomic E-state index is 9.11. The molecule has 3 nitrogen and oxygen atoms in total. The van der Waals surface area contributed by atoms with Crippen LogP contribution in [0.3, 0.4) is 0 Å². The van der Waals surface area contributed by atoms with Crippen molar-refractivity contribution >= 4 is 5.69 Å². The van der Waals surface area contributed by atoms with Gasteiger partial charge in [-0.2, -0.15) is 0 Å². The zero-order valence-corrected chi connectivity index (χ0v) is 9.40. The fraction of sp³-hybridized carbons (Fsp3) is 0.500. The third kappa shape index (κ3) is 3.80. The molecule has 0 aliphatic heterocycles. The maximum Gasteiger partial charge on any atom is 0.115 e. The minimum Gasteiger partial charge on any atom is -0.508 e. The number of nitrogens with two attached hydrogens (primary N) is 1. The summed E-state index contributed by atoms with van der Waals surface area (Å²) in [5, 5.41) is 12.4. The highest BCUT2D eigenvalue weighted by molar-refractivity contribution is 5.46. The second-order valence-corrected chi connectivity index (χ2v) is 3.98. The molecule has 0 bridgehead atoms. The summed E-state index contributed by atoms with van der Waals surface area (Å²) in [5.41, 5.74) is 6.99. The van der Waals surface area contributed by atoms with Crippen LogP contribution in [0.2, 0.25) is 0 Å². The van der Waals surface area contributed by atoms with Crippen LogP contribution in [0.1, 0.15) is 20.3 Å². The van der Waals surface area contributed by atoms with Crippen LogP contribution in [0.4, 0.5) is 5.69 Å². The van der Waals surface area contributed by atoms with Crippen LogP contribution >= 0.6 is 0 Å². The Morgan fingerprint density at radius 3 is 2.47 bits per heavy atom. The van der Waals surface area contributed by atoms with E-state index in [2.05, 4.69) is 19.2 Å². The normalized spacial score (nSPS) is 14.6. The van der Waals surface area contributed by atoms with Crippen molar-refractivity contribution in [2.24, 2.45) is 11.7 Å². The number of hydrogen-bond donors (Lipinski definition) is 3. The monoisotopic (exact) mass is 208 g/mol. The highest BCUT2D eigenvalue weighted by Gasteiger charge is 2.09. The zero-order chi connectivity index (χ0) is 11.3. The van der Waals surface area contributed by atoms with Gasteiger partial charge < -0.3 is 16.2 Å². The molecule has 2 atom stereocenters. The molecule has 1 aromatic rings. The topological polar surface area (TPSA) is 58.3 Å². The van der Waals surface area contributed by atoms with Crippen molar-refractivity contribution in [2.45, 2.75) is 26.3 Å². The molecule has 0 aliphatic rings.